The zero-order valence-corrected chi connectivity index (χ0v) is 12.4. The number of amides is 1. The van der Waals surface area contributed by atoms with Gasteiger partial charge in [0, 0.05) is 6.04 Å². The third-order valence-corrected chi connectivity index (χ3v) is 4.47. The summed E-state index contributed by atoms with van der Waals surface area (Å²) in [6, 6.07) is 10.3. The van der Waals surface area contributed by atoms with Crippen LogP contribution in [0.2, 0.25) is 0 Å². The first-order chi connectivity index (χ1) is 9.16. The van der Waals surface area contributed by atoms with Crippen molar-refractivity contribution in [3.63, 3.8) is 0 Å². The van der Waals surface area contributed by atoms with E-state index in [0.29, 0.717) is 12.3 Å². The van der Waals surface area contributed by atoms with Crippen LogP contribution in [0.4, 0.5) is 0 Å². The van der Waals surface area contributed by atoms with E-state index in [9.17, 15) is 4.79 Å². The Balaban J connectivity index is 1.82. The highest BCUT2D eigenvalue weighted by Crippen LogP contribution is 2.27. The fourth-order valence-electron chi connectivity index (χ4n) is 2.83. The minimum absolute atomic E-state index is 0.0617. The van der Waals surface area contributed by atoms with Crippen molar-refractivity contribution in [2.45, 2.75) is 50.3 Å². The van der Waals surface area contributed by atoms with Gasteiger partial charge >= 0.3 is 0 Å². The Hall–Kier alpha value is -0.960. The minimum Gasteiger partial charge on any atom is -0.352 e. The number of carbonyl (C=O) groups excluding carboxylic acids is 1. The summed E-state index contributed by atoms with van der Waals surface area (Å²) in [6.07, 6.45) is 5.79. The van der Waals surface area contributed by atoms with Crippen molar-refractivity contribution in [1.82, 2.24) is 5.32 Å². The summed E-state index contributed by atoms with van der Waals surface area (Å²) < 4.78 is 0. The van der Waals surface area contributed by atoms with Crippen molar-refractivity contribution in [3.8, 4) is 0 Å². The maximum atomic E-state index is 12.1. The topological polar surface area (TPSA) is 29.1 Å². The molecular formula is C16H23NOS. The highest BCUT2D eigenvalue weighted by molar-refractivity contribution is 7.81. The van der Waals surface area contributed by atoms with Crippen LogP contribution in [-0.4, -0.2) is 17.2 Å². The van der Waals surface area contributed by atoms with Gasteiger partial charge in [0.2, 0.25) is 5.91 Å². The molecule has 1 aliphatic rings. The quantitative estimate of drug-likeness (QED) is 0.795. The summed E-state index contributed by atoms with van der Waals surface area (Å²) in [4.78, 5) is 12.1. The van der Waals surface area contributed by atoms with Crippen LogP contribution < -0.4 is 5.32 Å². The summed E-state index contributed by atoms with van der Waals surface area (Å²) >= 11 is 4.44. The van der Waals surface area contributed by atoms with E-state index in [4.69, 9.17) is 0 Å². The molecule has 2 atom stereocenters. The van der Waals surface area contributed by atoms with Gasteiger partial charge in [0.15, 0.2) is 0 Å². The lowest BCUT2D eigenvalue weighted by Gasteiger charge is -2.22. The minimum atomic E-state index is -0.258. The molecule has 2 rings (SSSR count). The monoisotopic (exact) mass is 277 g/mol. The van der Waals surface area contributed by atoms with Gasteiger partial charge < -0.3 is 5.32 Å². The number of thiol groups is 1. The molecule has 0 aliphatic heterocycles. The van der Waals surface area contributed by atoms with Gasteiger partial charge in [-0.3, -0.25) is 4.79 Å². The Morgan fingerprint density at radius 3 is 2.58 bits per heavy atom. The Morgan fingerprint density at radius 1 is 1.32 bits per heavy atom. The van der Waals surface area contributed by atoms with Crippen LogP contribution >= 0.6 is 12.6 Å². The number of nitrogens with one attached hydrogen (secondary N) is 1. The van der Waals surface area contributed by atoms with Crippen LogP contribution in [0.25, 0.3) is 0 Å². The summed E-state index contributed by atoms with van der Waals surface area (Å²) in [5, 5.41) is 2.87. The van der Waals surface area contributed by atoms with Gasteiger partial charge in [-0.05, 0) is 37.7 Å². The summed E-state index contributed by atoms with van der Waals surface area (Å²) in [7, 11) is 0. The molecule has 1 saturated carbocycles. The van der Waals surface area contributed by atoms with Gasteiger partial charge in [0.25, 0.3) is 0 Å². The third-order valence-electron chi connectivity index (χ3n) is 4.05. The molecule has 0 spiro atoms. The number of carbonyl (C=O) groups is 1. The molecule has 1 aliphatic carbocycles. The van der Waals surface area contributed by atoms with E-state index in [1.807, 2.05) is 30.3 Å². The molecule has 3 heteroatoms. The lowest BCUT2D eigenvalue weighted by molar-refractivity contribution is -0.121. The Bertz CT molecular complexity index is 400. The Morgan fingerprint density at radius 2 is 1.95 bits per heavy atom. The molecule has 1 aromatic carbocycles. The first-order valence-electron chi connectivity index (χ1n) is 7.19. The largest absolute Gasteiger partial charge is 0.352 e. The molecule has 0 bridgehead atoms. The average molecular weight is 277 g/mol. The van der Waals surface area contributed by atoms with E-state index in [1.165, 1.54) is 25.7 Å². The van der Waals surface area contributed by atoms with Crippen molar-refractivity contribution >= 4 is 18.5 Å². The van der Waals surface area contributed by atoms with E-state index in [2.05, 4.69) is 24.9 Å². The van der Waals surface area contributed by atoms with Crippen LogP contribution in [0.3, 0.4) is 0 Å². The van der Waals surface area contributed by atoms with E-state index in [0.717, 1.165) is 5.56 Å². The van der Waals surface area contributed by atoms with Crippen molar-refractivity contribution in [3.05, 3.63) is 35.9 Å². The fraction of sp³-hybridized carbons (Fsp3) is 0.562. The molecule has 1 N–H and O–H groups in total. The van der Waals surface area contributed by atoms with Crippen molar-refractivity contribution in [2.75, 3.05) is 0 Å². The van der Waals surface area contributed by atoms with E-state index >= 15 is 0 Å². The Kier molecular flexibility index (Phi) is 5.32. The van der Waals surface area contributed by atoms with Gasteiger partial charge in [-0.2, -0.15) is 12.6 Å². The summed E-state index contributed by atoms with van der Waals surface area (Å²) in [6.45, 7) is 2.12. The maximum absolute atomic E-state index is 12.1. The molecule has 2 nitrogen and oxygen atoms in total. The maximum Gasteiger partial charge on any atom is 0.233 e. The normalized spacial score (nSPS) is 19.1. The van der Waals surface area contributed by atoms with Gasteiger partial charge in [0.05, 0.1) is 5.25 Å². The second-order valence-electron chi connectivity index (χ2n) is 5.55. The second kappa shape index (κ2) is 6.99. The zero-order valence-electron chi connectivity index (χ0n) is 11.5. The highest BCUT2D eigenvalue weighted by atomic mass is 32.1. The molecule has 104 valence electrons. The second-order valence-corrected chi connectivity index (χ2v) is 6.17. The highest BCUT2D eigenvalue weighted by Gasteiger charge is 2.24. The molecule has 2 unspecified atom stereocenters. The lowest BCUT2D eigenvalue weighted by Crippen LogP contribution is -2.41. The molecule has 1 fully saturated rings. The molecule has 0 radical (unpaired) electrons. The first-order valence-corrected chi connectivity index (χ1v) is 7.71. The van der Waals surface area contributed by atoms with Crippen molar-refractivity contribution in [1.29, 1.82) is 0 Å². The van der Waals surface area contributed by atoms with Gasteiger partial charge in [0.1, 0.15) is 0 Å². The molecular weight excluding hydrogens is 254 g/mol. The number of benzene rings is 1. The molecule has 0 aromatic heterocycles. The smallest absolute Gasteiger partial charge is 0.233 e. The predicted octanol–water partition coefficient (Wildman–Crippen LogP) is 3.22. The number of hydrogen-bond acceptors (Lipinski definition) is 2. The SMILES string of the molecule is CC(NC(=O)C(S)Cc1ccccc1)C1CCCC1. The standard InChI is InChI=1S/C16H23NOS/c1-12(14-9-5-6-10-14)17-16(18)15(19)11-13-7-3-2-4-8-13/h2-4,7-8,12,14-15,19H,5-6,9-11H2,1H3,(H,17,18). The molecule has 1 amide bonds. The van der Waals surface area contributed by atoms with Crippen LogP contribution in [0.1, 0.15) is 38.2 Å². The lowest BCUT2D eigenvalue weighted by atomic mass is 9.99. The predicted molar refractivity (Wildman–Crippen MR) is 82.5 cm³/mol. The zero-order chi connectivity index (χ0) is 13.7. The molecule has 19 heavy (non-hydrogen) atoms. The van der Waals surface area contributed by atoms with Crippen LogP contribution in [-0.2, 0) is 11.2 Å². The van der Waals surface area contributed by atoms with Crippen molar-refractivity contribution in [2.24, 2.45) is 5.92 Å². The van der Waals surface area contributed by atoms with Gasteiger partial charge in [-0.15, -0.1) is 0 Å². The number of hydrogen-bond donors (Lipinski definition) is 2. The third kappa shape index (κ3) is 4.27. The summed E-state index contributed by atoms with van der Waals surface area (Å²) in [5.41, 5.74) is 1.16. The van der Waals surface area contributed by atoms with Crippen molar-refractivity contribution < 1.29 is 4.79 Å². The van der Waals surface area contributed by atoms with E-state index < -0.39 is 0 Å². The van der Waals surface area contributed by atoms with Gasteiger partial charge in [-0.25, -0.2) is 0 Å². The molecule has 0 heterocycles. The molecule has 0 saturated heterocycles. The van der Waals surface area contributed by atoms with Crippen LogP contribution in [0, 0.1) is 5.92 Å². The van der Waals surface area contributed by atoms with E-state index in [-0.39, 0.29) is 17.2 Å². The summed E-state index contributed by atoms with van der Waals surface area (Å²) in [5.74, 6) is 0.716. The van der Waals surface area contributed by atoms with Crippen LogP contribution in [0.15, 0.2) is 30.3 Å². The van der Waals surface area contributed by atoms with E-state index in [1.54, 1.807) is 0 Å². The number of rotatable bonds is 5. The average Bonchev–Trinajstić information content (AvgIpc) is 2.93. The molecule has 1 aromatic rings. The Labute approximate surface area is 121 Å². The first kappa shape index (κ1) is 14.4. The van der Waals surface area contributed by atoms with Crippen LogP contribution in [0.5, 0.6) is 0 Å². The van der Waals surface area contributed by atoms with Gasteiger partial charge in [-0.1, -0.05) is 43.2 Å². The fourth-order valence-corrected chi connectivity index (χ4v) is 3.11.